The molecule has 0 radical (unpaired) electrons. The number of hydrazine groups is 1. The van der Waals surface area contributed by atoms with Crippen LogP contribution in [0, 0.1) is 0 Å². The maximum absolute atomic E-state index is 12.0. The third-order valence-corrected chi connectivity index (χ3v) is 2.74. The van der Waals surface area contributed by atoms with Crippen LogP contribution < -0.4 is 16.6 Å². The van der Waals surface area contributed by atoms with Gasteiger partial charge in [-0.1, -0.05) is 0 Å². The lowest BCUT2D eigenvalue weighted by Crippen LogP contribution is -2.35. The molecule has 0 saturated carbocycles. The number of rotatable bonds is 5. The van der Waals surface area contributed by atoms with E-state index in [0.717, 1.165) is 5.69 Å². The van der Waals surface area contributed by atoms with Crippen LogP contribution in [0.1, 0.15) is 17.3 Å². The highest BCUT2D eigenvalue weighted by molar-refractivity contribution is 5.94. The van der Waals surface area contributed by atoms with Gasteiger partial charge in [0.25, 0.3) is 5.91 Å². The molecule has 4 N–H and O–H groups in total. The van der Waals surface area contributed by atoms with Gasteiger partial charge in [-0.15, -0.1) is 0 Å². The molecule has 0 aliphatic carbocycles. The Bertz CT molecular complexity index is 520. The summed E-state index contributed by atoms with van der Waals surface area (Å²) in [5.41, 5.74) is 3.90. The largest absolute Gasteiger partial charge is 0.348 e. The molecule has 0 fully saturated rings. The van der Waals surface area contributed by atoms with E-state index in [1.165, 1.54) is 0 Å². The third kappa shape index (κ3) is 3.56. The molecule has 0 aliphatic heterocycles. The summed E-state index contributed by atoms with van der Waals surface area (Å²) in [7, 11) is 0. The molecule has 1 amide bonds. The summed E-state index contributed by atoms with van der Waals surface area (Å²) in [6.45, 7) is 2.64. The molecule has 1 heterocycles. The molecule has 19 heavy (non-hydrogen) atoms. The van der Waals surface area contributed by atoms with E-state index in [1.807, 2.05) is 17.7 Å². The van der Waals surface area contributed by atoms with E-state index in [9.17, 15) is 4.79 Å². The van der Waals surface area contributed by atoms with Gasteiger partial charge in [0.2, 0.25) is 0 Å². The predicted molar refractivity (Wildman–Crippen MR) is 73.4 cm³/mol. The van der Waals surface area contributed by atoms with Crippen LogP contribution in [0.5, 0.6) is 0 Å². The smallest absolute Gasteiger partial charge is 0.251 e. The van der Waals surface area contributed by atoms with Gasteiger partial charge in [0.05, 0.1) is 6.33 Å². The minimum Gasteiger partial charge on any atom is -0.348 e. The topological polar surface area (TPSA) is 85.0 Å². The van der Waals surface area contributed by atoms with Gasteiger partial charge < -0.3 is 15.3 Å². The van der Waals surface area contributed by atoms with E-state index in [2.05, 4.69) is 15.7 Å². The van der Waals surface area contributed by atoms with E-state index < -0.39 is 0 Å². The lowest BCUT2D eigenvalue weighted by Gasteiger charge is -2.14. The number of anilines is 1. The number of carbonyl (C=O) groups is 1. The molecule has 0 saturated heterocycles. The molecule has 0 spiro atoms. The van der Waals surface area contributed by atoms with E-state index >= 15 is 0 Å². The fourth-order valence-electron chi connectivity index (χ4n) is 1.78. The highest BCUT2D eigenvalue weighted by Gasteiger charge is 2.09. The quantitative estimate of drug-likeness (QED) is 0.552. The Morgan fingerprint density at radius 3 is 2.74 bits per heavy atom. The second-order valence-corrected chi connectivity index (χ2v) is 4.36. The molecular formula is C13H17N5O. The average molecular weight is 259 g/mol. The second kappa shape index (κ2) is 6.01. The van der Waals surface area contributed by atoms with Crippen LogP contribution >= 0.6 is 0 Å². The molecule has 6 nitrogen and oxygen atoms in total. The van der Waals surface area contributed by atoms with Gasteiger partial charge in [0, 0.05) is 36.2 Å². The summed E-state index contributed by atoms with van der Waals surface area (Å²) < 4.78 is 1.92. The van der Waals surface area contributed by atoms with Crippen LogP contribution in [0.3, 0.4) is 0 Å². The molecule has 6 heteroatoms. The number of nitrogens with one attached hydrogen (secondary N) is 2. The summed E-state index contributed by atoms with van der Waals surface area (Å²) >= 11 is 0. The highest BCUT2D eigenvalue weighted by Crippen LogP contribution is 2.08. The molecule has 1 atom stereocenters. The van der Waals surface area contributed by atoms with Crippen LogP contribution in [0.15, 0.2) is 43.0 Å². The number of nitrogen functional groups attached to an aromatic ring is 1. The molecule has 1 aromatic carbocycles. The average Bonchev–Trinajstić information content (AvgIpc) is 2.91. The Labute approximate surface area is 111 Å². The van der Waals surface area contributed by atoms with E-state index in [-0.39, 0.29) is 11.9 Å². The van der Waals surface area contributed by atoms with Crippen molar-refractivity contribution in [1.82, 2.24) is 14.9 Å². The number of nitrogens with two attached hydrogens (primary N) is 1. The first-order valence-electron chi connectivity index (χ1n) is 6.02. The molecule has 0 bridgehead atoms. The number of benzene rings is 1. The normalized spacial score (nSPS) is 11.9. The number of aromatic nitrogens is 2. The van der Waals surface area contributed by atoms with Crippen molar-refractivity contribution < 1.29 is 4.79 Å². The number of nitrogens with zero attached hydrogens (tertiary/aromatic N) is 2. The Balaban J connectivity index is 1.92. The zero-order chi connectivity index (χ0) is 13.7. The van der Waals surface area contributed by atoms with Crippen molar-refractivity contribution >= 4 is 11.6 Å². The zero-order valence-electron chi connectivity index (χ0n) is 10.7. The fraction of sp³-hybridized carbons (Fsp3) is 0.231. The molecule has 2 rings (SSSR count). The second-order valence-electron chi connectivity index (χ2n) is 4.36. The van der Waals surface area contributed by atoms with Gasteiger partial charge in [0.1, 0.15) is 0 Å². The Hall–Kier alpha value is -2.34. The SMILES string of the molecule is CC(Cn1ccnc1)NC(=O)c1ccc(NN)cc1. The third-order valence-electron chi connectivity index (χ3n) is 2.74. The first-order valence-corrected chi connectivity index (χ1v) is 6.02. The summed E-state index contributed by atoms with van der Waals surface area (Å²) in [6, 6.07) is 7.00. The molecule has 2 aromatic rings. The first kappa shape index (κ1) is 13.1. The van der Waals surface area contributed by atoms with Crippen molar-refractivity contribution in [2.24, 2.45) is 5.84 Å². The number of amides is 1. The molecule has 100 valence electrons. The minimum absolute atomic E-state index is 0.0222. The number of imidazole rings is 1. The van der Waals surface area contributed by atoms with Gasteiger partial charge in [0.15, 0.2) is 0 Å². The maximum atomic E-state index is 12.0. The van der Waals surface area contributed by atoms with Gasteiger partial charge in [-0.2, -0.15) is 0 Å². The summed E-state index contributed by atoms with van der Waals surface area (Å²) in [5, 5.41) is 2.93. The van der Waals surface area contributed by atoms with Crippen molar-refractivity contribution in [3.8, 4) is 0 Å². The van der Waals surface area contributed by atoms with Crippen molar-refractivity contribution in [2.45, 2.75) is 19.5 Å². The van der Waals surface area contributed by atoms with Crippen LogP contribution in [-0.4, -0.2) is 21.5 Å². The molecule has 0 aliphatic rings. The number of hydrogen-bond acceptors (Lipinski definition) is 4. The van der Waals surface area contributed by atoms with Crippen LogP contribution in [0.4, 0.5) is 5.69 Å². The van der Waals surface area contributed by atoms with Crippen molar-refractivity contribution in [3.63, 3.8) is 0 Å². The van der Waals surface area contributed by atoms with Gasteiger partial charge in [-0.3, -0.25) is 10.6 Å². The van der Waals surface area contributed by atoms with E-state index in [1.54, 1.807) is 36.8 Å². The zero-order valence-corrected chi connectivity index (χ0v) is 10.7. The number of hydrogen-bond donors (Lipinski definition) is 3. The minimum atomic E-state index is -0.101. The first-order chi connectivity index (χ1) is 9.19. The molecule has 1 unspecified atom stereocenters. The van der Waals surface area contributed by atoms with Gasteiger partial charge >= 0.3 is 0 Å². The maximum Gasteiger partial charge on any atom is 0.251 e. The van der Waals surface area contributed by atoms with Crippen molar-refractivity contribution in [3.05, 3.63) is 48.5 Å². The fourth-order valence-corrected chi connectivity index (χ4v) is 1.78. The van der Waals surface area contributed by atoms with Gasteiger partial charge in [-0.05, 0) is 31.2 Å². The Morgan fingerprint density at radius 1 is 1.42 bits per heavy atom. The van der Waals surface area contributed by atoms with Crippen LogP contribution in [0.2, 0.25) is 0 Å². The summed E-state index contributed by atoms with van der Waals surface area (Å²) in [6.07, 6.45) is 5.31. The molecular weight excluding hydrogens is 242 g/mol. The predicted octanol–water partition coefficient (Wildman–Crippen LogP) is 0.987. The van der Waals surface area contributed by atoms with Crippen molar-refractivity contribution in [1.29, 1.82) is 0 Å². The summed E-state index contributed by atoms with van der Waals surface area (Å²) in [5.74, 6) is 5.17. The van der Waals surface area contributed by atoms with E-state index in [0.29, 0.717) is 12.1 Å². The summed E-state index contributed by atoms with van der Waals surface area (Å²) in [4.78, 5) is 16.0. The Morgan fingerprint density at radius 2 is 2.16 bits per heavy atom. The lowest BCUT2D eigenvalue weighted by molar-refractivity contribution is 0.0936. The Kier molecular flexibility index (Phi) is 4.15. The number of carbonyl (C=O) groups excluding carboxylic acids is 1. The van der Waals surface area contributed by atoms with Gasteiger partial charge in [-0.25, -0.2) is 4.98 Å². The highest BCUT2D eigenvalue weighted by atomic mass is 16.1. The standard InChI is InChI=1S/C13H17N5O/c1-10(8-18-7-6-15-9-18)16-13(19)11-2-4-12(17-14)5-3-11/h2-7,9-10,17H,8,14H2,1H3,(H,16,19). The lowest BCUT2D eigenvalue weighted by atomic mass is 10.2. The van der Waals surface area contributed by atoms with Crippen molar-refractivity contribution in [2.75, 3.05) is 5.43 Å². The van der Waals surface area contributed by atoms with Crippen LogP contribution in [0.25, 0.3) is 0 Å². The van der Waals surface area contributed by atoms with E-state index in [4.69, 9.17) is 5.84 Å². The molecule has 1 aromatic heterocycles. The monoisotopic (exact) mass is 259 g/mol. The van der Waals surface area contributed by atoms with Crippen LogP contribution in [-0.2, 0) is 6.54 Å².